The molecule has 1 aromatic carbocycles. The number of aromatic nitrogens is 1. The molecule has 1 aliphatic heterocycles. The maximum atomic E-state index is 13.0. The molecule has 0 atom stereocenters. The van der Waals surface area contributed by atoms with Crippen molar-refractivity contribution < 1.29 is 4.39 Å². The number of thioether (sulfide) groups is 1. The van der Waals surface area contributed by atoms with Crippen LogP contribution in [0.25, 0.3) is 0 Å². The van der Waals surface area contributed by atoms with Crippen molar-refractivity contribution in [1.29, 1.82) is 0 Å². The Hall–Kier alpha value is -0.980. The van der Waals surface area contributed by atoms with Gasteiger partial charge in [0.2, 0.25) is 0 Å². The lowest BCUT2D eigenvalue weighted by atomic mass is 10.3. The summed E-state index contributed by atoms with van der Waals surface area (Å²) in [7, 11) is 0. The fraction of sp³-hybridized carbons (Fsp3) is 0.0714. The number of anilines is 1. The molecule has 0 radical (unpaired) electrons. The van der Waals surface area contributed by atoms with E-state index in [0.717, 1.165) is 26.0 Å². The first-order valence-corrected chi connectivity index (χ1v) is 8.52. The largest absolute Gasteiger partial charge is 0.322 e. The third-order valence-corrected chi connectivity index (χ3v) is 4.87. The van der Waals surface area contributed by atoms with Gasteiger partial charge in [-0.05, 0) is 51.7 Å². The molecule has 2 heterocycles. The maximum absolute atomic E-state index is 13.0. The summed E-state index contributed by atoms with van der Waals surface area (Å²) in [6.07, 6.45) is 3.82. The predicted octanol–water partition coefficient (Wildman–Crippen LogP) is 5.12. The zero-order valence-electron chi connectivity index (χ0n) is 10.3. The lowest BCUT2D eigenvalue weighted by molar-refractivity contribution is 0.626. The lowest BCUT2D eigenvalue weighted by Crippen LogP contribution is -2.13. The summed E-state index contributed by atoms with van der Waals surface area (Å²) in [5.41, 5.74) is 0. The van der Waals surface area contributed by atoms with Crippen LogP contribution in [0, 0.1) is 5.82 Å². The van der Waals surface area contributed by atoms with Crippen molar-refractivity contribution >= 4 is 45.3 Å². The SMILES string of the molecule is Fc1ccc(Sc2cc(Br)cnc2N2C=CSC2)cc1. The Morgan fingerprint density at radius 3 is 2.80 bits per heavy atom. The molecule has 0 spiro atoms. The van der Waals surface area contributed by atoms with Gasteiger partial charge in [-0.25, -0.2) is 9.37 Å². The van der Waals surface area contributed by atoms with Crippen LogP contribution in [-0.2, 0) is 0 Å². The number of hydrogen-bond acceptors (Lipinski definition) is 4. The molecule has 0 bridgehead atoms. The standard InChI is InChI=1S/C14H10BrFN2S2/c15-10-7-13(20-12-3-1-11(16)2-4-12)14(17-8-10)18-5-6-19-9-18/h1-8H,9H2. The molecular formula is C14H10BrFN2S2. The van der Waals surface area contributed by atoms with Crippen LogP contribution < -0.4 is 4.90 Å². The fourth-order valence-electron chi connectivity index (χ4n) is 1.75. The van der Waals surface area contributed by atoms with E-state index in [0.29, 0.717) is 0 Å². The van der Waals surface area contributed by atoms with E-state index >= 15 is 0 Å². The van der Waals surface area contributed by atoms with Crippen LogP contribution in [0.2, 0.25) is 0 Å². The Morgan fingerprint density at radius 1 is 1.30 bits per heavy atom. The number of benzene rings is 1. The first kappa shape index (κ1) is 14.0. The van der Waals surface area contributed by atoms with Gasteiger partial charge in [-0.2, -0.15) is 0 Å². The Bertz CT molecular complexity index is 646. The van der Waals surface area contributed by atoms with Crippen LogP contribution in [0.5, 0.6) is 0 Å². The minimum absolute atomic E-state index is 0.221. The first-order chi connectivity index (χ1) is 9.72. The van der Waals surface area contributed by atoms with E-state index < -0.39 is 0 Å². The summed E-state index contributed by atoms with van der Waals surface area (Å²) in [6, 6.07) is 8.53. The van der Waals surface area contributed by atoms with Crippen LogP contribution in [0.15, 0.2) is 62.4 Å². The van der Waals surface area contributed by atoms with Gasteiger partial charge in [0.05, 0.1) is 10.8 Å². The zero-order valence-corrected chi connectivity index (χ0v) is 13.5. The monoisotopic (exact) mass is 368 g/mol. The van der Waals surface area contributed by atoms with E-state index in [4.69, 9.17) is 0 Å². The van der Waals surface area contributed by atoms with Crippen LogP contribution in [0.3, 0.4) is 0 Å². The van der Waals surface area contributed by atoms with Gasteiger partial charge in [0, 0.05) is 21.8 Å². The molecule has 0 saturated carbocycles. The quantitative estimate of drug-likeness (QED) is 0.747. The molecule has 6 heteroatoms. The highest BCUT2D eigenvalue weighted by molar-refractivity contribution is 9.10. The summed E-state index contributed by atoms with van der Waals surface area (Å²) >= 11 is 6.77. The normalized spacial score (nSPS) is 14.0. The van der Waals surface area contributed by atoms with E-state index in [1.165, 1.54) is 12.1 Å². The van der Waals surface area contributed by atoms with Crippen molar-refractivity contribution in [1.82, 2.24) is 4.98 Å². The average molecular weight is 369 g/mol. The highest BCUT2D eigenvalue weighted by Crippen LogP contribution is 2.37. The number of halogens is 2. The van der Waals surface area contributed by atoms with Gasteiger partial charge in [0.15, 0.2) is 0 Å². The van der Waals surface area contributed by atoms with E-state index in [9.17, 15) is 4.39 Å². The second kappa shape index (κ2) is 6.20. The summed E-state index contributed by atoms with van der Waals surface area (Å²) in [5.74, 6) is 1.57. The molecule has 1 aromatic heterocycles. The molecule has 0 fully saturated rings. The van der Waals surface area contributed by atoms with Gasteiger partial charge in [-0.15, -0.1) is 11.8 Å². The summed E-state index contributed by atoms with van der Waals surface area (Å²) in [4.78, 5) is 8.62. The predicted molar refractivity (Wildman–Crippen MR) is 86.5 cm³/mol. The van der Waals surface area contributed by atoms with Crippen molar-refractivity contribution in [3.05, 3.63) is 58.4 Å². The Labute approximate surface area is 133 Å². The number of pyridine rings is 1. The summed E-state index contributed by atoms with van der Waals surface area (Å²) in [5, 5.41) is 2.05. The highest BCUT2D eigenvalue weighted by Gasteiger charge is 2.15. The summed E-state index contributed by atoms with van der Waals surface area (Å²) < 4.78 is 13.9. The van der Waals surface area contributed by atoms with Crippen LogP contribution in [0.4, 0.5) is 10.2 Å². The molecule has 1 aliphatic rings. The molecule has 3 rings (SSSR count). The zero-order chi connectivity index (χ0) is 13.9. The van der Waals surface area contributed by atoms with E-state index in [1.54, 1.807) is 41.9 Å². The Kier molecular flexibility index (Phi) is 4.33. The maximum Gasteiger partial charge on any atom is 0.147 e. The molecule has 0 N–H and O–H groups in total. The van der Waals surface area contributed by atoms with Gasteiger partial charge in [-0.1, -0.05) is 11.8 Å². The molecule has 20 heavy (non-hydrogen) atoms. The molecule has 2 nitrogen and oxygen atoms in total. The minimum Gasteiger partial charge on any atom is -0.322 e. The first-order valence-electron chi connectivity index (χ1n) is 5.86. The van der Waals surface area contributed by atoms with Crippen molar-refractivity contribution in [3.63, 3.8) is 0 Å². The van der Waals surface area contributed by atoms with Crippen molar-refractivity contribution in [2.75, 3.05) is 10.8 Å². The van der Waals surface area contributed by atoms with Crippen LogP contribution in [0.1, 0.15) is 0 Å². The lowest BCUT2D eigenvalue weighted by Gasteiger charge is -2.17. The summed E-state index contributed by atoms with van der Waals surface area (Å²) in [6.45, 7) is 0. The Balaban J connectivity index is 1.92. The van der Waals surface area contributed by atoms with Crippen molar-refractivity contribution in [3.8, 4) is 0 Å². The molecular weight excluding hydrogens is 359 g/mol. The van der Waals surface area contributed by atoms with E-state index in [2.05, 4.69) is 31.2 Å². The molecule has 102 valence electrons. The average Bonchev–Trinajstić information content (AvgIpc) is 2.95. The second-order valence-corrected chi connectivity index (χ2v) is 6.98. The van der Waals surface area contributed by atoms with Crippen molar-refractivity contribution in [2.24, 2.45) is 0 Å². The number of hydrogen-bond donors (Lipinski definition) is 0. The fourth-order valence-corrected chi connectivity index (χ4v) is 3.89. The topological polar surface area (TPSA) is 16.1 Å². The van der Waals surface area contributed by atoms with Gasteiger partial charge >= 0.3 is 0 Å². The third kappa shape index (κ3) is 3.19. The molecule has 0 saturated heterocycles. The highest BCUT2D eigenvalue weighted by atomic mass is 79.9. The molecule has 0 unspecified atom stereocenters. The Morgan fingerprint density at radius 2 is 2.10 bits per heavy atom. The van der Waals surface area contributed by atoms with E-state index in [1.807, 2.05) is 12.3 Å². The number of rotatable bonds is 3. The van der Waals surface area contributed by atoms with Crippen molar-refractivity contribution in [2.45, 2.75) is 9.79 Å². The van der Waals surface area contributed by atoms with Gasteiger partial charge in [-0.3, -0.25) is 0 Å². The molecule has 2 aromatic rings. The smallest absolute Gasteiger partial charge is 0.147 e. The van der Waals surface area contributed by atoms with E-state index in [-0.39, 0.29) is 5.82 Å². The molecule has 0 amide bonds. The number of nitrogens with zero attached hydrogens (tertiary/aromatic N) is 2. The minimum atomic E-state index is -0.221. The van der Waals surface area contributed by atoms with Gasteiger partial charge in [0.25, 0.3) is 0 Å². The van der Waals surface area contributed by atoms with Gasteiger partial charge < -0.3 is 4.90 Å². The molecule has 0 aliphatic carbocycles. The van der Waals surface area contributed by atoms with Crippen LogP contribution >= 0.6 is 39.5 Å². The van der Waals surface area contributed by atoms with Crippen LogP contribution in [-0.4, -0.2) is 10.9 Å². The third-order valence-electron chi connectivity index (χ3n) is 2.66. The second-order valence-electron chi connectivity index (χ2n) is 4.08. The van der Waals surface area contributed by atoms with Gasteiger partial charge in [0.1, 0.15) is 11.6 Å².